The number of rotatable bonds is 3. The van der Waals surface area contributed by atoms with Gasteiger partial charge >= 0.3 is 6.18 Å². The zero-order chi connectivity index (χ0) is 27.3. The largest absolute Gasteiger partial charge is 0.418 e. The maximum Gasteiger partial charge on any atom is 0.418 e. The Kier molecular flexibility index (Phi) is 6.10. The molecule has 6 rings (SSSR count). The predicted molar refractivity (Wildman–Crippen MR) is 148 cm³/mol. The van der Waals surface area contributed by atoms with Gasteiger partial charge in [-0.1, -0.05) is 12.1 Å². The van der Waals surface area contributed by atoms with Crippen molar-refractivity contribution < 1.29 is 13.2 Å². The average Bonchev–Trinajstić information content (AvgIpc) is 2.93. The molecular formula is C30H26F3N5O. The minimum atomic E-state index is -4.59. The molecule has 39 heavy (non-hydrogen) atoms. The van der Waals surface area contributed by atoms with Crippen molar-refractivity contribution in [3.05, 3.63) is 94.7 Å². The number of anilines is 1. The van der Waals surface area contributed by atoms with E-state index >= 15 is 0 Å². The first-order valence-electron chi connectivity index (χ1n) is 12.7. The molecule has 3 aromatic heterocycles. The fraction of sp³-hybridized carbons (Fsp3) is 0.233. The Morgan fingerprint density at radius 3 is 2.31 bits per heavy atom. The van der Waals surface area contributed by atoms with Crippen LogP contribution in [0.4, 0.5) is 18.9 Å². The van der Waals surface area contributed by atoms with E-state index in [1.54, 1.807) is 29.4 Å². The van der Waals surface area contributed by atoms with Crippen molar-refractivity contribution in [3.8, 4) is 16.8 Å². The van der Waals surface area contributed by atoms with Gasteiger partial charge in [-0.2, -0.15) is 13.2 Å². The molecule has 0 spiro atoms. The molecule has 0 atom stereocenters. The molecular weight excluding hydrogens is 503 g/mol. The van der Waals surface area contributed by atoms with Crippen LogP contribution in [-0.2, 0) is 6.18 Å². The van der Waals surface area contributed by atoms with Gasteiger partial charge in [-0.3, -0.25) is 19.3 Å². The fourth-order valence-electron chi connectivity index (χ4n) is 5.20. The summed E-state index contributed by atoms with van der Waals surface area (Å²) in [5, 5.41) is 1.32. The Bertz CT molecular complexity index is 1750. The van der Waals surface area contributed by atoms with Gasteiger partial charge in [-0.05, 0) is 62.0 Å². The zero-order valence-electron chi connectivity index (χ0n) is 21.5. The number of hydrogen-bond donors (Lipinski definition) is 0. The van der Waals surface area contributed by atoms with E-state index in [4.69, 9.17) is 0 Å². The smallest absolute Gasteiger partial charge is 0.368 e. The molecule has 0 bridgehead atoms. The Morgan fingerprint density at radius 1 is 0.821 bits per heavy atom. The molecule has 0 saturated carbocycles. The van der Waals surface area contributed by atoms with E-state index in [1.165, 1.54) is 16.7 Å². The van der Waals surface area contributed by atoms with E-state index in [2.05, 4.69) is 14.9 Å². The number of benzene rings is 2. The summed E-state index contributed by atoms with van der Waals surface area (Å²) in [5.74, 6) is 0. The van der Waals surface area contributed by atoms with Gasteiger partial charge in [-0.25, -0.2) is 0 Å². The molecule has 9 heteroatoms. The van der Waals surface area contributed by atoms with Gasteiger partial charge in [0, 0.05) is 72.4 Å². The minimum Gasteiger partial charge on any atom is -0.368 e. The third-order valence-electron chi connectivity index (χ3n) is 7.35. The highest BCUT2D eigenvalue weighted by Crippen LogP contribution is 2.39. The van der Waals surface area contributed by atoms with Crippen LogP contribution < -0.4 is 10.5 Å². The lowest BCUT2D eigenvalue weighted by Crippen LogP contribution is -2.45. The predicted octanol–water partition coefficient (Wildman–Crippen LogP) is 5.68. The topological polar surface area (TPSA) is 54.3 Å². The van der Waals surface area contributed by atoms with Gasteiger partial charge in [0.1, 0.15) is 0 Å². The summed E-state index contributed by atoms with van der Waals surface area (Å²) in [7, 11) is 1.96. The lowest BCUT2D eigenvalue weighted by Gasteiger charge is -2.35. The lowest BCUT2D eigenvalue weighted by atomic mass is 10.0. The molecule has 4 heterocycles. The van der Waals surface area contributed by atoms with Crippen LogP contribution in [0.25, 0.3) is 38.6 Å². The summed E-state index contributed by atoms with van der Waals surface area (Å²) >= 11 is 0. The van der Waals surface area contributed by atoms with Crippen molar-refractivity contribution in [2.75, 3.05) is 38.1 Å². The van der Waals surface area contributed by atoms with Crippen molar-refractivity contribution in [2.24, 2.45) is 0 Å². The summed E-state index contributed by atoms with van der Waals surface area (Å²) in [5.41, 5.74) is 2.91. The van der Waals surface area contributed by atoms with Crippen LogP contribution in [0.2, 0.25) is 0 Å². The van der Waals surface area contributed by atoms with E-state index in [0.29, 0.717) is 48.0 Å². The molecule has 5 aromatic rings. The number of piperazine rings is 1. The number of aromatic nitrogens is 3. The van der Waals surface area contributed by atoms with Crippen LogP contribution in [0.1, 0.15) is 11.3 Å². The second kappa shape index (κ2) is 9.50. The molecule has 0 radical (unpaired) electrons. The molecule has 0 unspecified atom stereocenters. The van der Waals surface area contributed by atoms with E-state index in [0.717, 1.165) is 22.9 Å². The number of alkyl halides is 3. The molecule has 1 aliphatic heterocycles. The first-order valence-corrected chi connectivity index (χ1v) is 12.7. The number of likely N-dealkylation sites (N-methyl/N-ethyl adjacent to an activating group) is 1. The minimum absolute atomic E-state index is 0.133. The summed E-state index contributed by atoms with van der Waals surface area (Å²) < 4.78 is 44.5. The van der Waals surface area contributed by atoms with Crippen molar-refractivity contribution in [1.29, 1.82) is 0 Å². The van der Waals surface area contributed by atoms with Crippen LogP contribution in [0.15, 0.2) is 77.9 Å². The van der Waals surface area contributed by atoms with Gasteiger partial charge in [0.25, 0.3) is 5.56 Å². The Labute approximate surface area is 223 Å². The van der Waals surface area contributed by atoms with Crippen LogP contribution in [0, 0.1) is 6.92 Å². The normalized spacial score (nSPS) is 14.8. The first-order chi connectivity index (χ1) is 18.7. The number of hydrogen-bond acceptors (Lipinski definition) is 5. The highest BCUT2D eigenvalue weighted by Gasteiger charge is 2.36. The third kappa shape index (κ3) is 4.63. The number of aryl methyl sites for hydroxylation is 1. The molecule has 2 aromatic carbocycles. The van der Waals surface area contributed by atoms with Crippen LogP contribution >= 0.6 is 0 Å². The van der Waals surface area contributed by atoms with Gasteiger partial charge in [0.05, 0.1) is 22.3 Å². The Morgan fingerprint density at radius 2 is 1.59 bits per heavy atom. The summed E-state index contributed by atoms with van der Waals surface area (Å²) in [6.45, 7) is 4.27. The lowest BCUT2D eigenvalue weighted by molar-refractivity contribution is -0.137. The SMILES string of the molecule is Cc1ccc(-c2ccc3ncc4ccc(=O)n(-c5ccc(N6CCN(C)CC6)c(C(F)(F)F)c5)c4c3c2)cn1. The zero-order valence-corrected chi connectivity index (χ0v) is 21.5. The number of nitrogens with zero attached hydrogens (tertiary/aromatic N) is 5. The highest BCUT2D eigenvalue weighted by molar-refractivity contribution is 6.05. The van der Waals surface area contributed by atoms with Crippen LogP contribution in [-0.4, -0.2) is 52.7 Å². The van der Waals surface area contributed by atoms with E-state index < -0.39 is 17.3 Å². The standard InChI is InChI=1S/C30H26F3N5O/c1-19-3-4-21(17-34-19)20-5-8-26-24(15-20)29-22(18-35-26)6-10-28(39)38(29)23-7-9-27(25(16-23)30(31,32)33)37-13-11-36(2)12-14-37/h3-10,15-18H,11-14H2,1-2H3. The number of fused-ring (bicyclic) bond motifs is 3. The summed E-state index contributed by atoms with van der Waals surface area (Å²) in [4.78, 5) is 26.1. The van der Waals surface area contributed by atoms with Gasteiger partial charge in [-0.15, -0.1) is 0 Å². The van der Waals surface area contributed by atoms with E-state index in [1.807, 2.05) is 44.3 Å². The van der Waals surface area contributed by atoms with E-state index in [9.17, 15) is 18.0 Å². The average molecular weight is 530 g/mol. The molecule has 0 N–H and O–H groups in total. The maximum atomic E-state index is 14.4. The molecule has 1 saturated heterocycles. The molecule has 0 amide bonds. The summed E-state index contributed by atoms with van der Waals surface area (Å²) in [6.07, 6.45) is -1.17. The van der Waals surface area contributed by atoms with Gasteiger partial charge in [0.15, 0.2) is 0 Å². The molecule has 6 nitrogen and oxygen atoms in total. The monoisotopic (exact) mass is 529 g/mol. The van der Waals surface area contributed by atoms with Crippen molar-refractivity contribution in [3.63, 3.8) is 0 Å². The second-order valence-corrected chi connectivity index (χ2v) is 9.98. The molecule has 1 fully saturated rings. The first kappa shape index (κ1) is 25.1. The highest BCUT2D eigenvalue weighted by atomic mass is 19.4. The quantitative estimate of drug-likeness (QED) is 0.282. The van der Waals surface area contributed by atoms with Gasteiger partial charge in [0.2, 0.25) is 0 Å². The second-order valence-electron chi connectivity index (χ2n) is 9.98. The molecule has 198 valence electrons. The van der Waals surface area contributed by atoms with Crippen molar-refractivity contribution >= 4 is 27.5 Å². The third-order valence-corrected chi connectivity index (χ3v) is 7.35. The number of halogens is 3. The van der Waals surface area contributed by atoms with Crippen molar-refractivity contribution in [1.82, 2.24) is 19.4 Å². The molecule has 0 aliphatic carbocycles. The van der Waals surface area contributed by atoms with Crippen molar-refractivity contribution in [2.45, 2.75) is 13.1 Å². The Hall–Kier alpha value is -4.24. The summed E-state index contributed by atoms with van der Waals surface area (Å²) in [6, 6.07) is 16.8. The number of pyridine rings is 3. The van der Waals surface area contributed by atoms with Gasteiger partial charge < -0.3 is 9.80 Å². The van der Waals surface area contributed by atoms with Crippen LogP contribution in [0.5, 0.6) is 0 Å². The maximum absolute atomic E-state index is 14.4. The Balaban J connectivity index is 1.57. The van der Waals surface area contributed by atoms with Crippen LogP contribution in [0.3, 0.4) is 0 Å². The molecule has 1 aliphatic rings. The van der Waals surface area contributed by atoms with E-state index in [-0.39, 0.29) is 11.4 Å². The fourth-order valence-corrected chi connectivity index (χ4v) is 5.20.